The van der Waals surface area contributed by atoms with E-state index in [2.05, 4.69) is 30.1 Å². The van der Waals surface area contributed by atoms with Crippen molar-refractivity contribution in [2.45, 2.75) is 96.3 Å². The van der Waals surface area contributed by atoms with Gasteiger partial charge in [0.05, 0.1) is 5.69 Å². The van der Waals surface area contributed by atoms with Crippen LogP contribution in [0.4, 0.5) is 0 Å². The molecule has 2 atom stereocenters. The Labute approximate surface area is 130 Å². The van der Waals surface area contributed by atoms with Crippen LogP contribution in [0.1, 0.15) is 108 Å². The van der Waals surface area contributed by atoms with Gasteiger partial charge in [0.1, 0.15) is 0 Å². The predicted molar refractivity (Wildman–Crippen MR) is 89.6 cm³/mol. The highest BCUT2D eigenvalue weighted by molar-refractivity contribution is 5.25. The second kappa shape index (κ2) is 9.17. The van der Waals surface area contributed by atoms with Crippen LogP contribution >= 0.6 is 0 Å². The summed E-state index contributed by atoms with van der Waals surface area (Å²) in [5, 5.41) is 8.83. The minimum Gasteiger partial charge on any atom is -0.159 e. The van der Waals surface area contributed by atoms with Gasteiger partial charge in [-0.1, -0.05) is 58.8 Å². The van der Waals surface area contributed by atoms with Crippen LogP contribution in [0, 0.1) is 0 Å². The van der Waals surface area contributed by atoms with E-state index in [1.165, 1.54) is 81.9 Å². The number of nitrogens with zero attached hydrogens (tertiary/aromatic N) is 2. The zero-order valence-corrected chi connectivity index (χ0v) is 14.0. The van der Waals surface area contributed by atoms with E-state index in [4.69, 9.17) is 0 Å². The van der Waals surface area contributed by atoms with Gasteiger partial charge >= 0.3 is 0 Å². The second-order valence-corrected chi connectivity index (χ2v) is 6.69. The summed E-state index contributed by atoms with van der Waals surface area (Å²) < 4.78 is 0. The summed E-state index contributed by atoms with van der Waals surface area (Å²) in [6, 6.07) is 2.27. The second-order valence-electron chi connectivity index (χ2n) is 6.69. The van der Waals surface area contributed by atoms with Crippen molar-refractivity contribution < 1.29 is 0 Å². The van der Waals surface area contributed by atoms with Crippen LogP contribution in [0.25, 0.3) is 0 Å². The molecule has 1 aromatic heterocycles. The first-order valence-electron chi connectivity index (χ1n) is 9.18. The van der Waals surface area contributed by atoms with Gasteiger partial charge in [0.2, 0.25) is 0 Å². The quantitative estimate of drug-likeness (QED) is 0.680. The molecular formula is C19H32N2. The topological polar surface area (TPSA) is 25.8 Å². The molecule has 2 nitrogen and oxygen atoms in total. The molecule has 2 unspecified atom stereocenters. The van der Waals surface area contributed by atoms with Gasteiger partial charge in [0.15, 0.2) is 0 Å². The maximum atomic E-state index is 4.61. The van der Waals surface area contributed by atoms with Crippen LogP contribution in [0.2, 0.25) is 0 Å². The van der Waals surface area contributed by atoms with Crippen molar-refractivity contribution in [2.75, 3.05) is 0 Å². The Morgan fingerprint density at radius 2 is 1.52 bits per heavy atom. The largest absolute Gasteiger partial charge is 0.159 e. The van der Waals surface area contributed by atoms with Crippen molar-refractivity contribution >= 4 is 0 Å². The molecule has 2 rings (SSSR count). The zero-order valence-electron chi connectivity index (χ0n) is 14.0. The number of hydrogen-bond donors (Lipinski definition) is 0. The highest BCUT2D eigenvalue weighted by Crippen LogP contribution is 2.36. The van der Waals surface area contributed by atoms with Crippen LogP contribution in [-0.2, 0) is 0 Å². The molecule has 1 aliphatic rings. The summed E-state index contributed by atoms with van der Waals surface area (Å²) >= 11 is 0. The summed E-state index contributed by atoms with van der Waals surface area (Å²) in [5.74, 6) is 1.34. The molecule has 0 N–H and O–H groups in total. The molecule has 0 fully saturated rings. The molecular weight excluding hydrogens is 256 g/mol. The fourth-order valence-corrected chi connectivity index (χ4v) is 3.90. The van der Waals surface area contributed by atoms with Crippen molar-refractivity contribution in [1.82, 2.24) is 10.2 Å². The first-order valence-corrected chi connectivity index (χ1v) is 9.18. The number of aromatic nitrogens is 2. The van der Waals surface area contributed by atoms with Gasteiger partial charge in [-0.2, -0.15) is 10.2 Å². The molecule has 0 aliphatic heterocycles. The molecule has 0 radical (unpaired) electrons. The molecule has 0 aromatic carbocycles. The molecule has 1 aromatic rings. The maximum Gasteiger partial charge on any atom is 0.0696 e. The van der Waals surface area contributed by atoms with Gasteiger partial charge in [-0.05, 0) is 43.2 Å². The van der Waals surface area contributed by atoms with E-state index in [-0.39, 0.29) is 0 Å². The van der Waals surface area contributed by atoms with Gasteiger partial charge in [-0.25, -0.2) is 0 Å². The van der Waals surface area contributed by atoms with E-state index in [0.717, 1.165) is 0 Å². The third-order valence-corrected chi connectivity index (χ3v) is 4.99. The van der Waals surface area contributed by atoms with E-state index < -0.39 is 0 Å². The van der Waals surface area contributed by atoms with Crippen molar-refractivity contribution in [3.63, 3.8) is 0 Å². The van der Waals surface area contributed by atoms with Crippen molar-refractivity contribution in [1.29, 1.82) is 0 Å². The zero-order chi connectivity index (χ0) is 14.9. The molecule has 1 aliphatic carbocycles. The first kappa shape index (κ1) is 16.5. The lowest BCUT2D eigenvalue weighted by molar-refractivity contribution is 0.503. The molecule has 118 valence electrons. The third-order valence-electron chi connectivity index (χ3n) is 4.99. The Morgan fingerprint density at radius 3 is 2.24 bits per heavy atom. The molecule has 0 bridgehead atoms. The fourth-order valence-electron chi connectivity index (χ4n) is 3.90. The molecule has 2 heteroatoms. The lowest BCUT2D eigenvalue weighted by Gasteiger charge is -2.23. The summed E-state index contributed by atoms with van der Waals surface area (Å²) in [7, 11) is 0. The van der Waals surface area contributed by atoms with E-state index in [9.17, 15) is 0 Å². The molecule has 21 heavy (non-hydrogen) atoms. The van der Waals surface area contributed by atoms with Crippen LogP contribution in [-0.4, -0.2) is 10.2 Å². The Morgan fingerprint density at radius 1 is 0.905 bits per heavy atom. The van der Waals surface area contributed by atoms with Crippen molar-refractivity contribution in [3.05, 3.63) is 23.5 Å². The van der Waals surface area contributed by atoms with E-state index in [0.29, 0.717) is 11.8 Å². The number of rotatable bonds is 4. The Balaban J connectivity index is 2.29. The Bertz CT molecular complexity index is 365. The van der Waals surface area contributed by atoms with Gasteiger partial charge in [0, 0.05) is 12.1 Å². The lowest BCUT2D eigenvalue weighted by atomic mass is 9.84. The molecule has 1 heterocycles. The van der Waals surface area contributed by atoms with Gasteiger partial charge < -0.3 is 0 Å². The van der Waals surface area contributed by atoms with Crippen LogP contribution < -0.4 is 0 Å². The summed E-state index contributed by atoms with van der Waals surface area (Å²) in [6.07, 6.45) is 16.6. The lowest BCUT2D eigenvalue weighted by Crippen LogP contribution is -2.11. The fraction of sp³-hybridized carbons (Fsp3) is 0.789. The minimum absolute atomic E-state index is 0.635. The van der Waals surface area contributed by atoms with Gasteiger partial charge in [-0.15, -0.1) is 0 Å². The van der Waals surface area contributed by atoms with Crippen molar-refractivity contribution in [2.24, 2.45) is 0 Å². The van der Waals surface area contributed by atoms with Crippen molar-refractivity contribution in [3.8, 4) is 0 Å². The van der Waals surface area contributed by atoms with E-state index in [1.807, 2.05) is 6.20 Å². The summed E-state index contributed by atoms with van der Waals surface area (Å²) in [4.78, 5) is 0. The van der Waals surface area contributed by atoms with E-state index in [1.54, 1.807) is 0 Å². The third kappa shape index (κ3) is 4.79. The summed E-state index contributed by atoms with van der Waals surface area (Å²) in [5.41, 5.74) is 2.85. The van der Waals surface area contributed by atoms with Gasteiger partial charge in [-0.3, -0.25) is 0 Å². The first-order chi connectivity index (χ1) is 10.4. The maximum absolute atomic E-state index is 4.61. The highest BCUT2D eigenvalue weighted by atomic mass is 15.1. The Kier molecular flexibility index (Phi) is 7.18. The normalized spacial score (nSPS) is 24.1. The van der Waals surface area contributed by atoms with Gasteiger partial charge in [0.25, 0.3) is 0 Å². The standard InChI is InChI=1S/C19H32N2/c1-3-10-16-12-8-6-5-7-9-13-17(11-4-2)19-18(16)14-15-20-21-19/h14-17H,3-13H2,1-2H3. The highest BCUT2D eigenvalue weighted by Gasteiger charge is 2.22. The SMILES string of the molecule is CCCC1CCCCCCCC(CCC)c2nnccc21. The monoisotopic (exact) mass is 288 g/mol. The van der Waals surface area contributed by atoms with Crippen LogP contribution in [0.15, 0.2) is 12.3 Å². The minimum atomic E-state index is 0.635. The number of hydrogen-bond acceptors (Lipinski definition) is 2. The molecule has 0 saturated carbocycles. The van der Waals surface area contributed by atoms with E-state index >= 15 is 0 Å². The van der Waals surface area contributed by atoms with Crippen LogP contribution in [0.5, 0.6) is 0 Å². The van der Waals surface area contributed by atoms with Crippen LogP contribution in [0.3, 0.4) is 0 Å². The molecule has 0 amide bonds. The number of fused-ring (bicyclic) bond motifs is 1. The smallest absolute Gasteiger partial charge is 0.0696 e. The Hall–Kier alpha value is -0.920. The predicted octanol–water partition coefficient (Wildman–Crippen LogP) is 5.99. The summed E-state index contributed by atoms with van der Waals surface area (Å²) in [6.45, 7) is 4.60. The average molecular weight is 288 g/mol. The average Bonchev–Trinajstić information content (AvgIpc) is 2.54. The molecule has 0 saturated heterocycles. The molecule has 0 spiro atoms.